The third-order valence-corrected chi connectivity index (χ3v) is 5.46. The number of para-hydroxylation sites is 2. The first-order chi connectivity index (χ1) is 14.6. The zero-order valence-electron chi connectivity index (χ0n) is 16.6. The molecule has 1 fully saturated rings. The van der Waals surface area contributed by atoms with Crippen LogP contribution >= 0.6 is 0 Å². The number of methoxy groups -OCH3 is 1. The average molecular weight is 405 g/mol. The van der Waals surface area contributed by atoms with Gasteiger partial charge in [-0.25, -0.2) is 4.79 Å². The van der Waals surface area contributed by atoms with Gasteiger partial charge in [-0.3, -0.25) is 9.59 Å². The summed E-state index contributed by atoms with van der Waals surface area (Å²) in [4.78, 5) is 42.4. The lowest BCUT2D eigenvalue weighted by atomic mass is 10.0. The van der Waals surface area contributed by atoms with E-state index in [9.17, 15) is 14.4 Å². The molecule has 0 saturated carbocycles. The largest absolute Gasteiger partial charge is 0.467 e. The summed E-state index contributed by atoms with van der Waals surface area (Å²) in [7, 11) is 1.30. The van der Waals surface area contributed by atoms with Gasteiger partial charge >= 0.3 is 5.97 Å². The Morgan fingerprint density at radius 2 is 1.90 bits per heavy atom. The number of aromatic nitrogens is 1. The SMILES string of the molecule is COC(=O)[C@H](Cc1c[nH]c2ccccc12)NC(=O)[C@H]1CC(=O)N(c2ccccc2)C1. The van der Waals surface area contributed by atoms with Crippen LogP contribution in [0.4, 0.5) is 5.69 Å². The van der Waals surface area contributed by atoms with Gasteiger partial charge in [-0.1, -0.05) is 36.4 Å². The number of nitrogens with one attached hydrogen (secondary N) is 2. The van der Waals surface area contributed by atoms with E-state index in [0.717, 1.165) is 22.2 Å². The summed E-state index contributed by atoms with van der Waals surface area (Å²) < 4.78 is 4.91. The van der Waals surface area contributed by atoms with Crippen molar-refractivity contribution in [2.24, 2.45) is 5.92 Å². The highest BCUT2D eigenvalue weighted by molar-refractivity contribution is 6.01. The molecular formula is C23H23N3O4. The first-order valence-corrected chi connectivity index (χ1v) is 9.85. The number of anilines is 1. The van der Waals surface area contributed by atoms with Gasteiger partial charge in [-0.2, -0.15) is 0 Å². The number of H-pyrrole nitrogens is 1. The molecule has 0 aliphatic carbocycles. The number of amides is 2. The Hall–Kier alpha value is -3.61. The van der Waals surface area contributed by atoms with Gasteiger partial charge in [0.2, 0.25) is 11.8 Å². The Morgan fingerprint density at radius 3 is 2.67 bits per heavy atom. The van der Waals surface area contributed by atoms with Crippen LogP contribution in [-0.2, 0) is 25.5 Å². The Kier molecular flexibility index (Phi) is 5.52. The van der Waals surface area contributed by atoms with Gasteiger partial charge in [0.1, 0.15) is 6.04 Å². The van der Waals surface area contributed by atoms with Crippen molar-refractivity contribution in [3.63, 3.8) is 0 Å². The summed E-state index contributed by atoms with van der Waals surface area (Å²) in [5.41, 5.74) is 2.64. The van der Waals surface area contributed by atoms with Gasteiger partial charge in [-0.05, 0) is 23.8 Å². The van der Waals surface area contributed by atoms with Gasteiger partial charge in [0.05, 0.1) is 13.0 Å². The summed E-state index contributed by atoms with van der Waals surface area (Å²) in [6.07, 6.45) is 2.25. The van der Waals surface area contributed by atoms with Crippen LogP contribution in [0.25, 0.3) is 10.9 Å². The maximum atomic E-state index is 12.9. The van der Waals surface area contributed by atoms with Crippen molar-refractivity contribution in [1.29, 1.82) is 0 Å². The second-order valence-electron chi connectivity index (χ2n) is 7.39. The quantitative estimate of drug-likeness (QED) is 0.616. The monoisotopic (exact) mass is 405 g/mol. The molecule has 4 rings (SSSR count). The minimum Gasteiger partial charge on any atom is -0.467 e. The smallest absolute Gasteiger partial charge is 0.328 e. The first-order valence-electron chi connectivity index (χ1n) is 9.85. The highest BCUT2D eigenvalue weighted by atomic mass is 16.5. The Morgan fingerprint density at radius 1 is 1.17 bits per heavy atom. The molecule has 1 saturated heterocycles. The molecule has 30 heavy (non-hydrogen) atoms. The number of nitrogens with zero attached hydrogens (tertiary/aromatic N) is 1. The molecule has 7 heteroatoms. The molecule has 1 aliphatic heterocycles. The van der Waals surface area contributed by atoms with Crippen LogP contribution < -0.4 is 10.2 Å². The van der Waals surface area contributed by atoms with Crippen LogP contribution in [-0.4, -0.2) is 42.5 Å². The lowest BCUT2D eigenvalue weighted by Gasteiger charge is -2.19. The molecule has 3 aromatic rings. The van der Waals surface area contributed by atoms with E-state index in [1.165, 1.54) is 7.11 Å². The zero-order valence-corrected chi connectivity index (χ0v) is 16.6. The van der Waals surface area contributed by atoms with Gasteiger partial charge in [0, 0.05) is 42.2 Å². The summed E-state index contributed by atoms with van der Waals surface area (Å²) in [5, 5.41) is 3.79. The summed E-state index contributed by atoms with van der Waals surface area (Å²) in [5.74, 6) is -1.46. The van der Waals surface area contributed by atoms with Crippen LogP contribution in [0.5, 0.6) is 0 Å². The van der Waals surface area contributed by atoms with Crippen LogP contribution in [0.2, 0.25) is 0 Å². The molecule has 0 spiro atoms. The number of hydrogen-bond donors (Lipinski definition) is 2. The molecule has 1 aromatic heterocycles. The minimum absolute atomic E-state index is 0.104. The second kappa shape index (κ2) is 8.41. The van der Waals surface area contributed by atoms with Crippen molar-refractivity contribution in [2.75, 3.05) is 18.6 Å². The molecule has 154 valence electrons. The average Bonchev–Trinajstić information content (AvgIpc) is 3.37. The number of esters is 1. The van der Waals surface area contributed by atoms with E-state index in [0.29, 0.717) is 6.42 Å². The van der Waals surface area contributed by atoms with E-state index in [4.69, 9.17) is 4.74 Å². The van der Waals surface area contributed by atoms with Gasteiger partial charge in [-0.15, -0.1) is 0 Å². The lowest BCUT2D eigenvalue weighted by molar-refractivity contribution is -0.145. The molecule has 0 unspecified atom stereocenters. The summed E-state index contributed by atoms with van der Waals surface area (Å²) >= 11 is 0. The normalized spacial score (nSPS) is 17.2. The summed E-state index contributed by atoms with van der Waals surface area (Å²) in [6, 6.07) is 16.2. The number of hydrogen-bond acceptors (Lipinski definition) is 4. The second-order valence-corrected chi connectivity index (χ2v) is 7.39. The van der Waals surface area contributed by atoms with Gasteiger partial charge in [0.25, 0.3) is 0 Å². The minimum atomic E-state index is -0.831. The number of benzene rings is 2. The Balaban J connectivity index is 1.47. The molecule has 2 N–H and O–H groups in total. The molecule has 0 bridgehead atoms. The molecule has 1 aliphatic rings. The third-order valence-electron chi connectivity index (χ3n) is 5.46. The molecule has 2 atom stereocenters. The molecule has 2 heterocycles. The number of fused-ring (bicyclic) bond motifs is 1. The van der Waals surface area contributed by atoms with Crippen LogP contribution in [0.15, 0.2) is 60.8 Å². The number of ether oxygens (including phenoxy) is 1. The third kappa shape index (κ3) is 3.91. The van der Waals surface area contributed by atoms with Gasteiger partial charge in [0.15, 0.2) is 0 Å². The van der Waals surface area contributed by atoms with E-state index < -0.39 is 17.9 Å². The number of aromatic amines is 1. The fourth-order valence-electron chi connectivity index (χ4n) is 3.89. The Labute approximate surface area is 174 Å². The standard InChI is InChI=1S/C23H23N3O4/c1-30-23(29)20(11-15-13-24-19-10-6-5-9-18(15)19)25-22(28)16-12-21(27)26(14-16)17-7-3-2-4-8-17/h2-10,13,16,20,24H,11-12,14H2,1H3,(H,25,28)/t16-,20-/m0/s1. The van der Waals surface area contributed by atoms with Crippen LogP contribution in [0.3, 0.4) is 0 Å². The molecule has 7 nitrogen and oxygen atoms in total. The van der Waals surface area contributed by atoms with Crippen molar-refractivity contribution in [3.8, 4) is 0 Å². The highest BCUT2D eigenvalue weighted by Crippen LogP contribution is 2.25. The zero-order chi connectivity index (χ0) is 21.1. The van der Waals surface area contributed by atoms with E-state index >= 15 is 0 Å². The molecule has 2 aromatic carbocycles. The van der Waals surface area contributed by atoms with E-state index in [-0.39, 0.29) is 24.8 Å². The molecular weight excluding hydrogens is 382 g/mol. The maximum Gasteiger partial charge on any atom is 0.328 e. The van der Waals surface area contributed by atoms with Crippen LogP contribution in [0.1, 0.15) is 12.0 Å². The number of rotatable bonds is 6. The highest BCUT2D eigenvalue weighted by Gasteiger charge is 2.36. The number of carbonyl (C=O) groups is 3. The van der Waals surface area contributed by atoms with E-state index in [1.807, 2.05) is 60.8 Å². The van der Waals surface area contributed by atoms with E-state index in [2.05, 4.69) is 10.3 Å². The predicted molar refractivity (Wildman–Crippen MR) is 113 cm³/mol. The van der Waals surface area contributed by atoms with Gasteiger partial charge < -0.3 is 19.9 Å². The molecule has 0 radical (unpaired) electrons. The fraction of sp³-hybridized carbons (Fsp3) is 0.261. The van der Waals surface area contributed by atoms with Crippen LogP contribution in [0, 0.1) is 5.92 Å². The lowest BCUT2D eigenvalue weighted by Crippen LogP contribution is -2.46. The number of carbonyl (C=O) groups excluding carboxylic acids is 3. The topological polar surface area (TPSA) is 91.5 Å². The Bertz CT molecular complexity index is 1080. The van der Waals surface area contributed by atoms with Crippen molar-refractivity contribution >= 4 is 34.4 Å². The van der Waals surface area contributed by atoms with E-state index in [1.54, 1.807) is 4.90 Å². The van der Waals surface area contributed by atoms with Crippen molar-refractivity contribution in [1.82, 2.24) is 10.3 Å². The fourth-order valence-corrected chi connectivity index (χ4v) is 3.89. The maximum absolute atomic E-state index is 12.9. The van der Waals surface area contributed by atoms with Crippen molar-refractivity contribution in [3.05, 3.63) is 66.4 Å². The van der Waals surface area contributed by atoms with Crippen molar-refractivity contribution in [2.45, 2.75) is 18.9 Å². The van der Waals surface area contributed by atoms with Crippen molar-refractivity contribution < 1.29 is 19.1 Å². The predicted octanol–water partition coefficient (Wildman–Crippen LogP) is 2.42. The summed E-state index contributed by atoms with van der Waals surface area (Å²) in [6.45, 7) is 0.287. The molecule has 2 amide bonds. The first kappa shape index (κ1) is 19.7.